The molecule has 6 heteroatoms. The van der Waals surface area contributed by atoms with Gasteiger partial charge < -0.3 is 15.1 Å². The largest absolute Gasteiger partial charge is 0.456 e. The number of carbonyl (C=O) groups is 1. The SMILES string of the molecule is CN1CCc2c(Cl)ccc3oc(/C=C/C(N)=O)c(c23)C1.Cl. The minimum Gasteiger partial charge on any atom is -0.456 e. The minimum atomic E-state index is -0.488. The van der Waals surface area contributed by atoms with Crippen molar-refractivity contribution in [1.82, 2.24) is 4.90 Å². The monoisotopic (exact) mass is 326 g/mol. The van der Waals surface area contributed by atoms with Gasteiger partial charge in [-0.2, -0.15) is 0 Å². The van der Waals surface area contributed by atoms with Crippen molar-refractivity contribution < 1.29 is 9.21 Å². The van der Waals surface area contributed by atoms with Crippen LogP contribution in [-0.2, 0) is 17.8 Å². The predicted octanol–water partition coefficient (Wildman–Crippen LogP) is 2.99. The van der Waals surface area contributed by atoms with Crippen LogP contribution < -0.4 is 5.73 Å². The molecule has 2 aromatic rings. The van der Waals surface area contributed by atoms with Crippen LogP contribution >= 0.6 is 24.0 Å². The van der Waals surface area contributed by atoms with E-state index in [4.69, 9.17) is 21.8 Å². The number of nitrogens with zero attached hydrogens (tertiary/aromatic N) is 1. The number of carbonyl (C=O) groups excluding carboxylic acids is 1. The van der Waals surface area contributed by atoms with E-state index in [1.807, 2.05) is 12.1 Å². The molecule has 0 saturated carbocycles. The first-order valence-electron chi connectivity index (χ1n) is 6.45. The number of benzene rings is 1. The second-order valence-corrected chi connectivity index (χ2v) is 5.47. The Balaban J connectivity index is 0.00000161. The minimum absolute atomic E-state index is 0. The lowest BCUT2D eigenvalue weighted by atomic mass is 10.0. The molecule has 1 aliphatic rings. The molecule has 2 N–H and O–H groups in total. The smallest absolute Gasteiger partial charge is 0.241 e. The summed E-state index contributed by atoms with van der Waals surface area (Å²) in [5.74, 6) is 0.189. The first kappa shape index (κ1) is 15.9. The number of nitrogens with two attached hydrogens (primary N) is 1. The fourth-order valence-corrected chi connectivity index (χ4v) is 2.92. The van der Waals surface area contributed by atoms with Gasteiger partial charge in [0.15, 0.2) is 0 Å². The Hall–Kier alpha value is -1.49. The molecule has 0 atom stereocenters. The Morgan fingerprint density at radius 1 is 1.43 bits per heavy atom. The van der Waals surface area contributed by atoms with Crippen LogP contribution in [0.25, 0.3) is 17.0 Å². The van der Waals surface area contributed by atoms with Crippen LogP contribution in [0.15, 0.2) is 22.6 Å². The molecular weight excluding hydrogens is 311 g/mol. The summed E-state index contributed by atoms with van der Waals surface area (Å²) < 4.78 is 5.84. The average Bonchev–Trinajstić information content (AvgIpc) is 2.62. The number of hydrogen-bond acceptors (Lipinski definition) is 3. The van der Waals surface area contributed by atoms with Crippen LogP contribution in [0.2, 0.25) is 5.02 Å². The van der Waals surface area contributed by atoms with Crippen LogP contribution in [0.4, 0.5) is 0 Å². The molecule has 1 aliphatic heterocycles. The molecule has 112 valence electrons. The molecule has 1 aromatic carbocycles. The van der Waals surface area contributed by atoms with E-state index in [0.29, 0.717) is 5.76 Å². The van der Waals surface area contributed by atoms with Gasteiger partial charge in [0.1, 0.15) is 11.3 Å². The van der Waals surface area contributed by atoms with Crippen LogP contribution in [0.5, 0.6) is 0 Å². The molecule has 1 aromatic heterocycles. The van der Waals surface area contributed by atoms with Crippen molar-refractivity contribution in [1.29, 1.82) is 0 Å². The zero-order chi connectivity index (χ0) is 14.3. The molecule has 0 bridgehead atoms. The van der Waals surface area contributed by atoms with Crippen molar-refractivity contribution in [3.63, 3.8) is 0 Å². The molecule has 2 heterocycles. The van der Waals surface area contributed by atoms with Crippen LogP contribution in [0.1, 0.15) is 16.9 Å². The van der Waals surface area contributed by atoms with E-state index in [1.54, 1.807) is 6.08 Å². The molecule has 0 saturated heterocycles. The van der Waals surface area contributed by atoms with Gasteiger partial charge >= 0.3 is 0 Å². The normalized spacial score (nSPS) is 15.1. The number of rotatable bonds is 2. The van der Waals surface area contributed by atoms with Crippen LogP contribution in [0.3, 0.4) is 0 Å². The summed E-state index contributed by atoms with van der Waals surface area (Å²) in [6, 6.07) is 3.73. The van der Waals surface area contributed by atoms with Gasteiger partial charge in [0.2, 0.25) is 5.91 Å². The Bertz CT molecular complexity index is 722. The molecule has 4 nitrogen and oxygen atoms in total. The molecule has 0 spiro atoms. The lowest BCUT2D eigenvalue weighted by Crippen LogP contribution is -2.18. The van der Waals surface area contributed by atoms with Gasteiger partial charge in [0, 0.05) is 35.1 Å². The molecule has 0 unspecified atom stereocenters. The van der Waals surface area contributed by atoms with Gasteiger partial charge in [-0.25, -0.2) is 0 Å². The first-order valence-corrected chi connectivity index (χ1v) is 6.83. The van der Waals surface area contributed by atoms with Crippen molar-refractivity contribution in [2.75, 3.05) is 13.6 Å². The molecule has 3 rings (SSSR count). The summed E-state index contributed by atoms with van der Waals surface area (Å²) in [7, 11) is 2.06. The lowest BCUT2D eigenvalue weighted by Gasteiger charge is -2.12. The third-order valence-corrected chi connectivity index (χ3v) is 3.96. The van der Waals surface area contributed by atoms with E-state index in [-0.39, 0.29) is 12.4 Å². The summed E-state index contributed by atoms with van der Waals surface area (Å²) in [5, 5.41) is 1.84. The standard InChI is InChI=1S/C15H15ClN2O2.ClH/c1-18-7-6-9-11(16)2-3-13-15(9)10(8-18)12(20-13)4-5-14(17)19;/h2-5H,6-8H2,1H3,(H2,17,19);1H/b5-4+;. The zero-order valence-electron chi connectivity index (χ0n) is 11.6. The number of primary amides is 1. The second kappa shape index (κ2) is 6.10. The highest BCUT2D eigenvalue weighted by molar-refractivity contribution is 6.32. The highest BCUT2D eigenvalue weighted by Crippen LogP contribution is 2.36. The third kappa shape index (κ3) is 2.93. The first-order chi connectivity index (χ1) is 9.56. The summed E-state index contributed by atoms with van der Waals surface area (Å²) in [4.78, 5) is 13.1. The number of likely N-dealkylation sites (N-methyl/N-ethyl adjacent to an activating group) is 1. The summed E-state index contributed by atoms with van der Waals surface area (Å²) in [6.07, 6.45) is 3.84. The fraction of sp³-hybridized carbons (Fsp3) is 0.267. The molecule has 0 aliphatic carbocycles. The predicted molar refractivity (Wildman–Crippen MR) is 86.7 cm³/mol. The van der Waals surface area contributed by atoms with Gasteiger partial charge in [-0.05, 0) is 37.2 Å². The molecule has 1 amide bonds. The third-order valence-electron chi connectivity index (χ3n) is 3.61. The summed E-state index contributed by atoms with van der Waals surface area (Å²) in [6.45, 7) is 1.70. The number of amides is 1. The molecule has 0 radical (unpaired) electrons. The Labute approximate surface area is 133 Å². The highest BCUT2D eigenvalue weighted by atomic mass is 35.5. The van der Waals surface area contributed by atoms with E-state index in [9.17, 15) is 4.79 Å². The Morgan fingerprint density at radius 3 is 2.90 bits per heavy atom. The van der Waals surface area contributed by atoms with Crippen LogP contribution in [-0.4, -0.2) is 24.4 Å². The van der Waals surface area contributed by atoms with E-state index in [0.717, 1.165) is 46.6 Å². The molecule has 21 heavy (non-hydrogen) atoms. The van der Waals surface area contributed by atoms with Gasteiger partial charge in [-0.3, -0.25) is 4.79 Å². The number of hydrogen-bond donors (Lipinski definition) is 1. The maximum absolute atomic E-state index is 10.9. The quantitative estimate of drug-likeness (QED) is 0.863. The maximum Gasteiger partial charge on any atom is 0.241 e. The zero-order valence-corrected chi connectivity index (χ0v) is 13.1. The summed E-state index contributed by atoms with van der Waals surface area (Å²) in [5.41, 5.74) is 8.14. The Kier molecular flexibility index (Phi) is 4.61. The van der Waals surface area contributed by atoms with Crippen molar-refractivity contribution in [2.45, 2.75) is 13.0 Å². The van der Waals surface area contributed by atoms with Crippen molar-refractivity contribution >= 4 is 47.0 Å². The van der Waals surface area contributed by atoms with Gasteiger partial charge in [0.25, 0.3) is 0 Å². The van der Waals surface area contributed by atoms with Crippen LogP contribution in [0, 0.1) is 0 Å². The van der Waals surface area contributed by atoms with Crippen molar-refractivity contribution in [2.24, 2.45) is 5.73 Å². The van der Waals surface area contributed by atoms with Gasteiger partial charge in [0.05, 0.1) is 0 Å². The van der Waals surface area contributed by atoms with Crippen molar-refractivity contribution in [3.8, 4) is 0 Å². The maximum atomic E-state index is 10.9. The second-order valence-electron chi connectivity index (χ2n) is 5.07. The topological polar surface area (TPSA) is 59.5 Å². The van der Waals surface area contributed by atoms with E-state index in [1.165, 1.54) is 6.08 Å². The Morgan fingerprint density at radius 2 is 2.19 bits per heavy atom. The fourth-order valence-electron chi connectivity index (χ4n) is 2.67. The van der Waals surface area contributed by atoms with E-state index in [2.05, 4.69) is 11.9 Å². The number of halogens is 2. The highest BCUT2D eigenvalue weighted by Gasteiger charge is 2.22. The molecule has 0 fully saturated rings. The lowest BCUT2D eigenvalue weighted by molar-refractivity contribution is -0.113. The van der Waals surface area contributed by atoms with E-state index >= 15 is 0 Å². The van der Waals surface area contributed by atoms with Gasteiger partial charge in [-0.15, -0.1) is 12.4 Å². The summed E-state index contributed by atoms with van der Waals surface area (Å²) >= 11 is 6.31. The van der Waals surface area contributed by atoms with E-state index < -0.39 is 5.91 Å². The molecular formula is C15H16Cl2N2O2. The van der Waals surface area contributed by atoms with Crippen molar-refractivity contribution in [3.05, 3.63) is 40.1 Å². The van der Waals surface area contributed by atoms with Gasteiger partial charge in [-0.1, -0.05) is 11.6 Å². The number of furan rings is 1. The average molecular weight is 327 g/mol.